The number of sulfonamides is 1. The molecule has 0 spiro atoms. The van der Waals surface area contributed by atoms with Crippen molar-refractivity contribution >= 4 is 27.3 Å². The summed E-state index contributed by atoms with van der Waals surface area (Å²) in [6.07, 6.45) is 2.78. The Bertz CT molecular complexity index is 1050. The number of aliphatic hydroxyl groups is 2. The Morgan fingerprint density at radius 1 is 1.27 bits per heavy atom. The van der Waals surface area contributed by atoms with Crippen molar-refractivity contribution in [2.24, 2.45) is 0 Å². The topological polar surface area (TPSA) is 119 Å². The molecule has 5 unspecified atom stereocenters. The maximum Gasteiger partial charge on any atom is 0.252 e. The number of rotatable bonds is 6. The molecule has 0 amide bonds. The predicted molar refractivity (Wildman–Crippen MR) is 123 cm³/mol. The molecule has 2 N–H and O–H groups in total. The summed E-state index contributed by atoms with van der Waals surface area (Å²) in [5.74, 6) is 0.513. The monoisotopic (exact) mass is 495 g/mol. The zero-order valence-electron chi connectivity index (χ0n) is 18.4. The summed E-state index contributed by atoms with van der Waals surface area (Å²) < 4.78 is 34.0. The third kappa shape index (κ3) is 4.41. The fourth-order valence-electron chi connectivity index (χ4n) is 4.98. The minimum Gasteiger partial charge on any atom is -0.391 e. The van der Waals surface area contributed by atoms with Crippen LogP contribution in [0.4, 0.5) is 5.95 Å². The van der Waals surface area contributed by atoms with Crippen LogP contribution in [0.5, 0.6) is 0 Å². The second-order valence-corrected chi connectivity index (χ2v) is 12.0. The summed E-state index contributed by atoms with van der Waals surface area (Å²) >= 11 is 1.22. The van der Waals surface area contributed by atoms with Gasteiger partial charge in [0, 0.05) is 50.2 Å². The average molecular weight is 496 g/mol. The van der Waals surface area contributed by atoms with E-state index in [-0.39, 0.29) is 18.1 Å². The number of piperazine rings is 1. The van der Waals surface area contributed by atoms with Gasteiger partial charge in [0.1, 0.15) is 4.21 Å². The summed E-state index contributed by atoms with van der Waals surface area (Å²) in [5.41, 5.74) is 0.628. The molecule has 5 heterocycles. The van der Waals surface area contributed by atoms with Gasteiger partial charge in [-0.05, 0) is 24.8 Å². The molecule has 3 fully saturated rings. The molecule has 5 atom stereocenters. The summed E-state index contributed by atoms with van der Waals surface area (Å²) in [6.45, 7) is 4.36. The van der Waals surface area contributed by atoms with Gasteiger partial charge in [-0.3, -0.25) is 4.90 Å². The molecule has 2 bridgehead atoms. The van der Waals surface area contributed by atoms with Gasteiger partial charge >= 0.3 is 0 Å². The number of morpholine rings is 1. The van der Waals surface area contributed by atoms with Gasteiger partial charge in [-0.15, -0.1) is 11.3 Å². The van der Waals surface area contributed by atoms with Gasteiger partial charge in [0.15, 0.2) is 0 Å². The Labute approximate surface area is 197 Å². The van der Waals surface area contributed by atoms with Gasteiger partial charge in [-0.1, -0.05) is 6.07 Å². The van der Waals surface area contributed by atoms with E-state index in [1.54, 1.807) is 41.1 Å². The number of aromatic nitrogens is 2. The molecule has 12 heteroatoms. The molecule has 0 aliphatic carbocycles. The molecular weight excluding hydrogens is 466 g/mol. The summed E-state index contributed by atoms with van der Waals surface area (Å²) in [7, 11) is -3.58. The highest BCUT2D eigenvalue weighted by molar-refractivity contribution is 7.91. The quantitative estimate of drug-likeness (QED) is 0.583. The van der Waals surface area contributed by atoms with E-state index in [4.69, 9.17) is 4.74 Å². The van der Waals surface area contributed by atoms with Crippen molar-refractivity contribution in [3.8, 4) is 0 Å². The van der Waals surface area contributed by atoms with E-state index in [1.807, 2.05) is 4.90 Å². The smallest absolute Gasteiger partial charge is 0.252 e. The number of hydrogen-bond donors (Lipinski definition) is 2. The Hall–Kier alpha value is -1.67. The first-order valence-electron chi connectivity index (χ1n) is 11.2. The number of thiophene rings is 1. The van der Waals surface area contributed by atoms with Crippen molar-refractivity contribution in [3.63, 3.8) is 0 Å². The Morgan fingerprint density at radius 2 is 2.06 bits per heavy atom. The molecule has 10 nitrogen and oxygen atoms in total. The SMILES string of the molecule is CC(O)c1cnc(N2CCN(S(=O)(=O)c3cccs3)CC2CN2C3COCC2C(O)C3)nc1. The van der Waals surface area contributed by atoms with E-state index in [0.717, 1.165) is 0 Å². The summed E-state index contributed by atoms with van der Waals surface area (Å²) in [6, 6.07) is 3.21. The molecular formula is C21H29N5O5S2. The lowest BCUT2D eigenvalue weighted by molar-refractivity contribution is -0.0345. The van der Waals surface area contributed by atoms with Crippen LogP contribution in [0.2, 0.25) is 0 Å². The summed E-state index contributed by atoms with van der Waals surface area (Å²) in [5, 5.41) is 22.0. The maximum atomic E-state index is 13.2. The largest absolute Gasteiger partial charge is 0.391 e. The number of fused-ring (bicyclic) bond motifs is 2. The van der Waals surface area contributed by atoms with Crippen molar-refractivity contribution in [2.75, 3.05) is 44.3 Å². The molecule has 3 aliphatic rings. The van der Waals surface area contributed by atoms with E-state index in [2.05, 4.69) is 14.9 Å². The Balaban J connectivity index is 1.42. The van der Waals surface area contributed by atoms with Crippen LogP contribution in [0, 0.1) is 0 Å². The molecule has 0 radical (unpaired) electrons. The van der Waals surface area contributed by atoms with Crippen LogP contribution < -0.4 is 4.90 Å². The number of aliphatic hydroxyl groups excluding tert-OH is 2. The highest BCUT2D eigenvalue weighted by Gasteiger charge is 2.46. The molecule has 3 saturated heterocycles. The molecule has 0 aromatic carbocycles. The standard InChI is InChI=1S/C21H29N5O5S2/c1-14(27)15-8-22-21(23-9-15)25-5-4-24(33(29,30)20-3-2-6-32-20)10-17(25)11-26-16-7-19(28)18(26)13-31-12-16/h2-3,6,8-9,14,16-19,27-28H,4-5,7,10-13H2,1H3. The van der Waals surface area contributed by atoms with Gasteiger partial charge < -0.3 is 19.8 Å². The van der Waals surface area contributed by atoms with Crippen LogP contribution >= 0.6 is 11.3 Å². The van der Waals surface area contributed by atoms with Crippen molar-refractivity contribution in [1.29, 1.82) is 0 Å². The Morgan fingerprint density at radius 3 is 2.73 bits per heavy atom. The van der Waals surface area contributed by atoms with E-state index in [0.29, 0.717) is 61.5 Å². The molecule has 5 rings (SSSR count). The first-order chi connectivity index (χ1) is 15.8. The Kier molecular flexibility index (Phi) is 6.42. The zero-order valence-corrected chi connectivity index (χ0v) is 20.0. The average Bonchev–Trinajstić information content (AvgIpc) is 3.40. The third-order valence-corrected chi connectivity index (χ3v) is 10.0. The zero-order chi connectivity index (χ0) is 23.2. The van der Waals surface area contributed by atoms with E-state index >= 15 is 0 Å². The van der Waals surface area contributed by atoms with Gasteiger partial charge in [-0.2, -0.15) is 4.31 Å². The van der Waals surface area contributed by atoms with Gasteiger partial charge in [0.05, 0.1) is 37.5 Å². The second kappa shape index (κ2) is 9.17. The number of anilines is 1. The number of hydrogen-bond acceptors (Lipinski definition) is 10. The lowest BCUT2D eigenvalue weighted by atomic mass is 10.1. The molecule has 33 heavy (non-hydrogen) atoms. The lowest BCUT2D eigenvalue weighted by Gasteiger charge is -2.45. The first kappa shape index (κ1) is 23.1. The van der Waals surface area contributed by atoms with Crippen LogP contribution in [0.1, 0.15) is 25.0 Å². The van der Waals surface area contributed by atoms with Gasteiger partial charge in [0.2, 0.25) is 5.95 Å². The van der Waals surface area contributed by atoms with Crippen LogP contribution in [0.25, 0.3) is 0 Å². The van der Waals surface area contributed by atoms with E-state index in [9.17, 15) is 18.6 Å². The molecule has 180 valence electrons. The fraction of sp³-hybridized carbons (Fsp3) is 0.619. The van der Waals surface area contributed by atoms with Crippen LogP contribution in [-0.2, 0) is 14.8 Å². The maximum absolute atomic E-state index is 13.2. The number of ether oxygens (including phenoxy) is 1. The van der Waals surface area contributed by atoms with Crippen molar-refractivity contribution in [3.05, 3.63) is 35.5 Å². The first-order valence-corrected chi connectivity index (χ1v) is 13.5. The molecule has 0 saturated carbocycles. The third-order valence-electron chi connectivity index (χ3n) is 6.81. The van der Waals surface area contributed by atoms with Gasteiger partial charge in [0.25, 0.3) is 10.0 Å². The fourth-order valence-corrected chi connectivity index (χ4v) is 7.60. The van der Waals surface area contributed by atoms with Crippen LogP contribution in [-0.4, -0.2) is 101 Å². The lowest BCUT2D eigenvalue weighted by Crippen LogP contribution is -2.61. The van der Waals surface area contributed by atoms with Crippen molar-refractivity contribution in [1.82, 2.24) is 19.2 Å². The minimum absolute atomic E-state index is 0.0894. The normalized spacial score (nSPS) is 30.0. The van der Waals surface area contributed by atoms with Gasteiger partial charge in [-0.25, -0.2) is 18.4 Å². The van der Waals surface area contributed by atoms with Crippen molar-refractivity contribution in [2.45, 2.75) is 47.9 Å². The minimum atomic E-state index is -3.58. The van der Waals surface area contributed by atoms with Crippen LogP contribution in [0.15, 0.2) is 34.1 Å². The van der Waals surface area contributed by atoms with E-state index in [1.165, 1.54) is 11.3 Å². The number of nitrogens with zero attached hydrogens (tertiary/aromatic N) is 5. The second-order valence-electron chi connectivity index (χ2n) is 8.89. The predicted octanol–water partition coefficient (Wildman–Crippen LogP) is 0.305. The highest BCUT2D eigenvalue weighted by atomic mass is 32.2. The van der Waals surface area contributed by atoms with E-state index < -0.39 is 22.2 Å². The molecule has 3 aliphatic heterocycles. The van der Waals surface area contributed by atoms with Crippen LogP contribution in [0.3, 0.4) is 0 Å². The molecule has 2 aromatic rings. The molecule has 2 aromatic heterocycles. The van der Waals surface area contributed by atoms with Crippen molar-refractivity contribution < 1.29 is 23.4 Å². The summed E-state index contributed by atoms with van der Waals surface area (Å²) in [4.78, 5) is 13.2. The highest BCUT2D eigenvalue weighted by Crippen LogP contribution is 2.32.